The molecule has 1 aliphatic carbocycles. The number of hydrogen-bond acceptors (Lipinski definition) is 6. The fourth-order valence-corrected chi connectivity index (χ4v) is 5.60. The Morgan fingerprint density at radius 1 is 1.13 bits per heavy atom. The van der Waals surface area contributed by atoms with Gasteiger partial charge in [0.2, 0.25) is 0 Å². The van der Waals surface area contributed by atoms with Crippen molar-refractivity contribution < 1.29 is 13.5 Å². The Balaban J connectivity index is 1.17. The largest absolute Gasteiger partial charge is 0.494 e. The number of hydrogen-bond donors (Lipinski definition) is 1. The number of H-pyrrole nitrogens is 1. The van der Waals surface area contributed by atoms with Gasteiger partial charge in [-0.15, -0.1) is 0 Å². The van der Waals surface area contributed by atoms with Gasteiger partial charge in [0.15, 0.2) is 0 Å². The molecule has 4 aromatic rings. The van der Waals surface area contributed by atoms with Crippen molar-refractivity contribution in [3.05, 3.63) is 70.8 Å². The standard InChI is InChI=1S/C29H31F2N7O/c1-4-39-25-6-5-20(11-17(25)2)26-18(3)35-27(36-26)19-7-9-37(10-8-19)28-23-12-21(13-24(23)32-16-33-28)22-14-34-38(15-22)29(30)31/h5-6,11-12,14-16,19,29H,4,7-10,13H2,1-3H3,(H,35,36). The number of allylic oxidation sites excluding steroid dienone is 1. The van der Waals surface area contributed by atoms with Crippen LogP contribution >= 0.6 is 0 Å². The fraction of sp³-hybridized carbons (Fsp3) is 0.379. The van der Waals surface area contributed by atoms with Gasteiger partial charge in [-0.25, -0.2) is 19.6 Å². The predicted octanol–water partition coefficient (Wildman–Crippen LogP) is 5.95. The van der Waals surface area contributed by atoms with Crippen LogP contribution in [0.15, 0.2) is 36.9 Å². The lowest BCUT2D eigenvalue weighted by Crippen LogP contribution is -2.34. The Bertz CT molecular complexity index is 1530. The number of nitrogens with zero attached hydrogens (tertiary/aromatic N) is 6. The maximum atomic E-state index is 13.0. The lowest BCUT2D eigenvalue weighted by Gasteiger charge is -2.32. The fourth-order valence-electron chi connectivity index (χ4n) is 5.60. The highest BCUT2D eigenvalue weighted by Gasteiger charge is 2.28. The molecule has 39 heavy (non-hydrogen) atoms. The first-order chi connectivity index (χ1) is 18.9. The summed E-state index contributed by atoms with van der Waals surface area (Å²) in [5.74, 6) is 3.16. The van der Waals surface area contributed by atoms with E-state index < -0.39 is 6.55 Å². The van der Waals surface area contributed by atoms with E-state index in [1.165, 1.54) is 12.4 Å². The third-order valence-electron chi connectivity index (χ3n) is 7.63. The number of fused-ring (bicyclic) bond motifs is 1. The van der Waals surface area contributed by atoms with Gasteiger partial charge in [-0.05, 0) is 69.0 Å². The van der Waals surface area contributed by atoms with Crippen molar-refractivity contribution in [2.24, 2.45) is 0 Å². The summed E-state index contributed by atoms with van der Waals surface area (Å²) in [4.78, 5) is 20.0. The van der Waals surface area contributed by atoms with E-state index in [9.17, 15) is 8.78 Å². The SMILES string of the molecule is CCOc1ccc(-c2nc(C3CCN(c4ncnc5c4C=C(c4cnn(C(F)F)c4)C5)CC3)[nH]c2C)cc1C. The van der Waals surface area contributed by atoms with Crippen molar-refractivity contribution in [1.82, 2.24) is 29.7 Å². The van der Waals surface area contributed by atoms with E-state index in [0.29, 0.717) is 29.2 Å². The summed E-state index contributed by atoms with van der Waals surface area (Å²) >= 11 is 0. The molecule has 0 saturated carbocycles. The van der Waals surface area contributed by atoms with Gasteiger partial charge < -0.3 is 14.6 Å². The molecular formula is C29H31F2N7O. The molecule has 10 heteroatoms. The number of anilines is 1. The second-order valence-electron chi connectivity index (χ2n) is 10.2. The third kappa shape index (κ3) is 4.79. The first kappa shape index (κ1) is 25.2. The molecule has 3 aromatic heterocycles. The summed E-state index contributed by atoms with van der Waals surface area (Å²) < 4.78 is 32.4. The van der Waals surface area contributed by atoms with Gasteiger partial charge in [0.25, 0.3) is 0 Å². The summed E-state index contributed by atoms with van der Waals surface area (Å²) in [6, 6.07) is 6.23. The van der Waals surface area contributed by atoms with Gasteiger partial charge in [0, 0.05) is 54.0 Å². The number of nitrogens with one attached hydrogen (secondary N) is 1. The van der Waals surface area contributed by atoms with E-state index in [4.69, 9.17) is 9.72 Å². The van der Waals surface area contributed by atoms with E-state index in [-0.39, 0.29) is 0 Å². The summed E-state index contributed by atoms with van der Waals surface area (Å²) in [5, 5.41) is 3.78. The van der Waals surface area contributed by atoms with Crippen LogP contribution in [0.3, 0.4) is 0 Å². The minimum Gasteiger partial charge on any atom is -0.494 e. The zero-order valence-corrected chi connectivity index (χ0v) is 22.3. The Kier molecular flexibility index (Phi) is 6.62. The topological polar surface area (TPSA) is 84.8 Å². The Hall–Kier alpha value is -4.08. The minimum absolute atomic E-state index is 0.332. The molecule has 0 radical (unpaired) electrons. The molecule has 202 valence electrons. The normalized spacial score (nSPS) is 15.6. The molecule has 0 unspecified atom stereocenters. The number of rotatable bonds is 7. The van der Waals surface area contributed by atoms with Gasteiger partial charge in [-0.3, -0.25) is 0 Å². The van der Waals surface area contributed by atoms with Crippen LogP contribution < -0.4 is 9.64 Å². The number of aromatic nitrogens is 6. The number of aryl methyl sites for hydroxylation is 2. The zero-order chi connectivity index (χ0) is 27.1. The van der Waals surface area contributed by atoms with Gasteiger partial charge >= 0.3 is 6.55 Å². The molecule has 2 aliphatic rings. The number of piperidine rings is 1. The van der Waals surface area contributed by atoms with E-state index in [1.54, 1.807) is 6.33 Å². The van der Waals surface area contributed by atoms with Gasteiger partial charge in [-0.2, -0.15) is 13.9 Å². The number of halogens is 2. The van der Waals surface area contributed by atoms with E-state index >= 15 is 0 Å². The van der Waals surface area contributed by atoms with Crippen LogP contribution in [-0.4, -0.2) is 49.4 Å². The van der Waals surface area contributed by atoms with Crippen LogP contribution in [0.25, 0.3) is 22.9 Å². The molecule has 4 heterocycles. The molecule has 1 aliphatic heterocycles. The number of imidazole rings is 1. The average Bonchev–Trinajstić information content (AvgIpc) is 3.68. The highest BCUT2D eigenvalue weighted by molar-refractivity contribution is 5.90. The molecule has 0 spiro atoms. The van der Waals surface area contributed by atoms with Crippen LogP contribution in [0, 0.1) is 13.8 Å². The van der Waals surface area contributed by atoms with Crippen LogP contribution in [0.4, 0.5) is 14.6 Å². The molecular weight excluding hydrogens is 500 g/mol. The van der Waals surface area contributed by atoms with Crippen LogP contribution in [0.5, 0.6) is 5.75 Å². The van der Waals surface area contributed by atoms with Crippen molar-refractivity contribution in [3.63, 3.8) is 0 Å². The van der Waals surface area contributed by atoms with E-state index in [1.807, 2.05) is 19.1 Å². The van der Waals surface area contributed by atoms with Crippen molar-refractivity contribution in [3.8, 4) is 17.0 Å². The molecule has 0 amide bonds. The van der Waals surface area contributed by atoms with Crippen molar-refractivity contribution >= 4 is 17.5 Å². The number of benzene rings is 1. The molecule has 0 atom stereocenters. The molecule has 0 bridgehead atoms. The third-order valence-corrected chi connectivity index (χ3v) is 7.63. The molecule has 6 rings (SSSR count). The maximum Gasteiger partial charge on any atom is 0.333 e. The number of alkyl halides is 2. The van der Waals surface area contributed by atoms with E-state index in [0.717, 1.165) is 82.7 Å². The van der Waals surface area contributed by atoms with Crippen LogP contribution in [0.1, 0.15) is 66.1 Å². The zero-order valence-electron chi connectivity index (χ0n) is 22.3. The maximum absolute atomic E-state index is 13.0. The van der Waals surface area contributed by atoms with Gasteiger partial charge in [0.1, 0.15) is 23.7 Å². The Morgan fingerprint density at radius 3 is 2.67 bits per heavy atom. The lowest BCUT2D eigenvalue weighted by molar-refractivity contribution is 0.0566. The average molecular weight is 532 g/mol. The first-order valence-electron chi connectivity index (χ1n) is 13.3. The summed E-state index contributed by atoms with van der Waals surface area (Å²) in [6.45, 7) is 5.81. The molecule has 1 fully saturated rings. The molecule has 1 aromatic carbocycles. The lowest BCUT2D eigenvalue weighted by atomic mass is 9.96. The Labute approximate surface area is 225 Å². The second-order valence-corrected chi connectivity index (χ2v) is 10.2. The number of ether oxygens (including phenoxy) is 1. The molecule has 1 N–H and O–H groups in total. The monoisotopic (exact) mass is 531 g/mol. The minimum atomic E-state index is -2.65. The predicted molar refractivity (Wildman–Crippen MR) is 146 cm³/mol. The van der Waals surface area contributed by atoms with Crippen molar-refractivity contribution in [2.75, 3.05) is 24.6 Å². The summed E-state index contributed by atoms with van der Waals surface area (Å²) in [5.41, 5.74) is 7.74. The highest BCUT2D eigenvalue weighted by Crippen LogP contribution is 2.38. The first-order valence-corrected chi connectivity index (χ1v) is 13.3. The van der Waals surface area contributed by atoms with Crippen molar-refractivity contribution in [2.45, 2.75) is 52.5 Å². The summed E-state index contributed by atoms with van der Waals surface area (Å²) in [7, 11) is 0. The van der Waals surface area contributed by atoms with Crippen LogP contribution in [-0.2, 0) is 6.42 Å². The Morgan fingerprint density at radius 2 is 1.95 bits per heavy atom. The van der Waals surface area contributed by atoms with Gasteiger partial charge in [0.05, 0.1) is 24.2 Å². The highest BCUT2D eigenvalue weighted by atomic mass is 19.3. The van der Waals surface area contributed by atoms with Crippen LogP contribution in [0.2, 0.25) is 0 Å². The van der Waals surface area contributed by atoms with E-state index in [2.05, 4.69) is 50.9 Å². The smallest absolute Gasteiger partial charge is 0.333 e. The second kappa shape index (κ2) is 10.2. The quantitative estimate of drug-likeness (QED) is 0.317. The number of aromatic amines is 1. The van der Waals surface area contributed by atoms with Gasteiger partial charge in [-0.1, -0.05) is 0 Å². The van der Waals surface area contributed by atoms with Crippen molar-refractivity contribution in [1.29, 1.82) is 0 Å². The molecule has 1 saturated heterocycles. The summed E-state index contributed by atoms with van der Waals surface area (Å²) in [6.07, 6.45) is 8.96. The molecule has 8 nitrogen and oxygen atoms in total.